The van der Waals surface area contributed by atoms with Crippen molar-refractivity contribution in [3.8, 4) is 0 Å². The highest BCUT2D eigenvalue weighted by Crippen LogP contribution is 2.33. The molecule has 0 aromatic carbocycles. The molecule has 0 fully saturated rings. The number of nitrogens with zero attached hydrogens (tertiary/aromatic N) is 2. The maximum absolute atomic E-state index is 12.5. The van der Waals surface area contributed by atoms with Crippen LogP contribution in [0.25, 0.3) is 0 Å². The van der Waals surface area contributed by atoms with Gasteiger partial charge in [0.2, 0.25) is 5.76 Å². The van der Waals surface area contributed by atoms with Crippen molar-refractivity contribution >= 4 is 11.9 Å². The van der Waals surface area contributed by atoms with E-state index < -0.39 is 41.4 Å². The number of halogens is 6. The van der Waals surface area contributed by atoms with E-state index in [1.54, 1.807) is 5.32 Å². The standard InChI is InChI=1S/C9H3F6N3O3/c10-8(11,12)4-3(1-2-20-4)5(19)16-7-17-6(18-21-7)9(13,14)15/h1-2H,(H,16,17,18,19). The maximum Gasteiger partial charge on any atom is 0.455 e. The second-order valence-corrected chi connectivity index (χ2v) is 3.54. The van der Waals surface area contributed by atoms with Crippen LogP contribution >= 0.6 is 0 Å². The first-order chi connectivity index (χ1) is 9.59. The van der Waals surface area contributed by atoms with E-state index in [9.17, 15) is 31.1 Å². The zero-order chi connectivity index (χ0) is 15.8. The van der Waals surface area contributed by atoms with Crippen LogP contribution in [0.2, 0.25) is 0 Å². The number of anilines is 1. The number of nitrogens with one attached hydrogen (secondary N) is 1. The fraction of sp³-hybridized carbons (Fsp3) is 0.222. The molecular formula is C9H3F6N3O3. The fourth-order valence-corrected chi connectivity index (χ4v) is 1.26. The Morgan fingerprint density at radius 3 is 2.33 bits per heavy atom. The molecule has 2 heterocycles. The zero-order valence-electron chi connectivity index (χ0n) is 9.54. The first kappa shape index (κ1) is 14.9. The minimum atomic E-state index is -4.94. The lowest BCUT2D eigenvalue weighted by Crippen LogP contribution is -2.17. The van der Waals surface area contributed by atoms with E-state index in [-0.39, 0.29) is 0 Å². The van der Waals surface area contributed by atoms with Crippen LogP contribution in [0.3, 0.4) is 0 Å². The molecule has 2 aromatic heterocycles. The Hall–Kier alpha value is -2.53. The zero-order valence-corrected chi connectivity index (χ0v) is 9.54. The monoisotopic (exact) mass is 315 g/mol. The lowest BCUT2D eigenvalue weighted by molar-refractivity contribution is -0.153. The van der Waals surface area contributed by atoms with Gasteiger partial charge in [0.15, 0.2) is 0 Å². The molecule has 0 saturated heterocycles. The van der Waals surface area contributed by atoms with Crippen LogP contribution in [0.4, 0.5) is 32.4 Å². The van der Waals surface area contributed by atoms with Crippen molar-refractivity contribution in [3.63, 3.8) is 0 Å². The maximum atomic E-state index is 12.5. The van der Waals surface area contributed by atoms with Crippen LogP contribution < -0.4 is 5.32 Å². The van der Waals surface area contributed by atoms with Crippen molar-refractivity contribution in [2.45, 2.75) is 12.4 Å². The van der Waals surface area contributed by atoms with Gasteiger partial charge in [-0.15, -0.1) is 0 Å². The Bertz CT molecular complexity index is 656. The van der Waals surface area contributed by atoms with E-state index in [1.807, 2.05) is 0 Å². The average molecular weight is 315 g/mol. The number of rotatable bonds is 2. The molecule has 0 saturated carbocycles. The second kappa shape index (κ2) is 4.79. The predicted molar refractivity (Wildman–Crippen MR) is 51.0 cm³/mol. The van der Waals surface area contributed by atoms with E-state index >= 15 is 0 Å². The minimum Gasteiger partial charge on any atom is -0.459 e. The van der Waals surface area contributed by atoms with Gasteiger partial charge in [0, 0.05) is 0 Å². The molecule has 0 aliphatic rings. The van der Waals surface area contributed by atoms with Crippen LogP contribution in [0.15, 0.2) is 21.3 Å². The van der Waals surface area contributed by atoms with Crippen LogP contribution in [-0.4, -0.2) is 16.0 Å². The number of carbonyl (C=O) groups is 1. The van der Waals surface area contributed by atoms with Gasteiger partial charge in [0.25, 0.3) is 11.7 Å². The van der Waals surface area contributed by atoms with Crippen molar-refractivity contribution in [2.24, 2.45) is 0 Å². The van der Waals surface area contributed by atoms with Crippen molar-refractivity contribution in [1.29, 1.82) is 0 Å². The summed E-state index contributed by atoms with van der Waals surface area (Å²) in [6.07, 6.45) is -9.26. The first-order valence-electron chi connectivity index (χ1n) is 4.96. The number of hydrogen-bond donors (Lipinski definition) is 1. The minimum absolute atomic E-state index is 0.604. The van der Waals surface area contributed by atoms with Gasteiger partial charge in [0.1, 0.15) is 0 Å². The highest BCUT2D eigenvalue weighted by atomic mass is 19.4. The number of alkyl halides is 6. The molecule has 0 atom stereocenters. The normalized spacial score (nSPS) is 12.5. The van der Waals surface area contributed by atoms with Crippen LogP contribution in [-0.2, 0) is 12.4 Å². The third-order valence-corrected chi connectivity index (χ3v) is 2.07. The molecule has 12 heteroatoms. The summed E-state index contributed by atoms with van der Waals surface area (Å²) in [5.41, 5.74) is -0.936. The first-order valence-corrected chi connectivity index (χ1v) is 4.96. The topological polar surface area (TPSA) is 81.2 Å². The van der Waals surface area contributed by atoms with Gasteiger partial charge in [-0.1, -0.05) is 0 Å². The number of aromatic nitrogens is 2. The van der Waals surface area contributed by atoms with Crippen molar-refractivity contribution in [1.82, 2.24) is 10.1 Å². The van der Waals surface area contributed by atoms with Crippen LogP contribution in [0.5, 0.6) is 0 Å². The summed E-state index contributed by atoms with van der Waals surface area (Å²) in [6.45, 7) is 0. The molecule has 6 nitrogen and oxygen atoms in total. The van der Waals surface area contributed by atoms with Crippen molar-refractivity contribution < 1.29 is 40.1 Å². The molecule has 114 valence electrons. The third kappa shape index (κ3) is 3.14. The number of amides is 1. The highest BCUT2D eigenvalue weighted by molar-refractivity contribution is 6.03. The van der Waals surface area contributed by atoms with Crippen LogP contribution in [0.1, 0.15) is 21.9 Å². The SMILES string of the molecule is O=C(Nc1nc(C(F)(F)F)no1)c1ccoc1C(F)(F)F. The van der Waals surface area contributed by atoms with Gasteiger partial charge in [0.05, 0.1) is 11.8 Å². The second-order valence-electron chi connectivity index (χ2n) is 3.54. The molecule has 1 N–H and O–H groups in total. The number of furan rings is 1. The Kier molecular flexibility index (Phi) is 3.39. The number of carbonyl (C=O) groups excluding carboxylic acids is 1. The Balaban J connectivity index is 2.20. The summed E-state index contributed by atoms with van der Waals surface area (Å²) in [6, 6.07) is -0.305. The van der Waals surface area contributed by atoms with E-state index in [1.165, 1.54) is 0 Å². The van der Waals surface area contributed by atoms with Crippen molar-refractivity contribution in [2.75, 3.05) is 5.32 Å². The van der Waals surface area contributed by atoms with E-state index in [4.69, 9.17) is 0 Å². The molecule has 2 rings (SSSR count). The lowest BCUT2D eigenvalue weighted by Gasteiger charge is -2.05. The Labute approximate surface area is 110 Å². The summed E-state index contributed by atoms with van der Waals surface area (Å²) >= 11 is 0. The number of hydrogen-bond acceptors (Lipinski definition) is 5. The van der Waals surface area contributed by atoms with Gasteiger partial charge >= 0.3 is 18.4 Å². The highest BCUT2D eigenvalue weighted by Gasteiger charge is 2.40. The van der Waals surface area contributed by atoms with Crippen molar-refractivity contribution in [3.05, 3.63) is 29.5 Å². The predicted octanol–water partition coefficient (Wildman–Crippen LogP) is 2.95. The summed E-state index contributed by atoms with van der Waals surface area (Å²) in [4.78, 5) is 14.3. The van der Waals surface area contributed by atoms with E-state index in [0.29, 0.717) is 12.3 Å². The van der Waals surface area contributed by atoms with E-state index in [0.717, 1.165) is 0 Å². The van der Waals surface area contributed by atoms with Crippen LogP contribution in [0, 0.1) is 0 Å². The smallest absolute Gasteiger partial charge is 0.455 e. The van der Waals surface area contributed by atoms with E-state index in [2.05, 4.69) is 19.1 Å². The molecule has 0 aliphatic carbocycles. The fourth-order valence-electron chi connectivity index (χ4n) is 1.26. The lowest BCUT2D eigenvalue weighted by atomic mass is 10.2. The quantitative estimate of drug-likeness (QED) is 0.862. The molecule has 21 heavy (non-hydrogen) atoms. The van der Waals surface area contributed by atoms with Gasteiger partial charge in [-0.25, -0.2) is 0 Å². The van der Waals surface area contributed by atoms with Gasteiger partial charge in [-0.3, -0.25) is 10.1 Å². The molecule has 1 amide bonds. The molecule has 0 unspecified atom stereocenters. The summed E-state index contributed by atoms with van der Waals surface area (Å²) in [5, 5.41) is 4.13. The summed E-state index contributed by atoms with van der Waals surface area (Å²) in [5.74, 6) is -4.69. The molecule has 2 aromatic rings. The van der Waals surface area contributed by atoms with Gasteiger partial charge < -0.3 is 8.94 Å². The summed E-state index contributed by atoms with van der Waals surface area (Å²) in [7, 11) is 0. The molecular weight excluding hydrogens is 312 g/mol. The largest absolute Gasteiger partial charge is 0.459 e. The average Bonchev–Trinajstić information content (AvgIpc) is 2.94. The third-order valence-electron chi connectivity index (χ3n) is 2.07. The Morgan fingerprint density at radius 1 is 1.14 bits per heavy atom. The molecule has 0 aliphatic heterocycles. The van der Waals surface area contributed by atoms with Gasteiger partial charge in [-0.2, -0.15) is 31.3 Å². The molecule has 0 spiro atoms. The molecule has 0 radical (unpaired) electrons. The Morgan fingerprint density at radius 2 is 1.81 bits per heavy atom. The van der Waals surface area contributed by atoms with Gasteiger partial charge in [-0.05, 0) is 11.2 Å². The molecule has 0 bridgehead atoms. The summed E-state index contributed by atoms with van der Waals surface area (Å²) < 4.78 is 82.1.